The van der Waals surface area contributed by atoms with Gasteiger partial charge in [-0.25, -0.2) is 9.50 Å². The molecule has 8 nitrogen and oxygen atoms in total. The first kappa shape index (κ1) is 20.2. The van der Waals surface area contributed by atoms with Gasteiger partial charge in [0, 0.05) is 24.0 Å². The lowest BCUT2D eigenvalue weighted by atomic mass is 10.1. The molecule has 26 heavy (non-hydrogen) atoms. The summed E-state index contributed by atoms with van der Waals surface area (Å²) in [7, 11) is 1.61. The summed E-state index contributed by atoms with van der Waals surface area (Å²) in [6, 6.07) is 0. The molecule has 2 aromatic heterocycles. The first-order valence-electron chi connectivity index (χ1n) is 8.36. The number of nitrogens with one attached hydrogen (secondary N) is 1. The van der Waals surface area contributed by atoms with E-state index in [1.165, 1.54) is 16.7 Å². The number of nitrogens with zero attached hydrogens (tertiary/aromatic N) is 5. The summed E-state index contributed by atoms with van der Waals surface area (Å²) in [6.45, 7) is 11.6. The number of amides is 2. The monoisotopic (exact) mass is 378 g/mol. The molecule has 9 heteroatoms. The molecule has 0 aliphatic carbocycles. The van der Waals surface area contributed by atoms with Gasteiger partial charge in [-0.15, -0.1) is 5.10 Å². The smallest absolute Gasteiger partial charge is 0.253 e. The molecular weight excluding hydrogens is 352 g/mol. The molecule has 0 spiro atoms. The number of hydrogen-bond acceptors (Lipinski definition) is 6. The van der Waals surface area contributed by atoms with Gasteiger partial charge in [0.2, 0.25) is 17.0 Å². The van der Waals surface area contributed by atoms with Gasteiger partial charge in [0.05, 0.1) is 12.3 Å². The molecule has 0 aliphatic heterocycles. The molecule has 2 aromatic rings. The van der Waals surface area contributed by atoms with Crippen LogP contribution in [0.1, 0.15) is 37.7 Å². The summed E-state index contributed by atoms with van der Waals surface area (Å²) < 4.78 is 1.69. The van der Waals surface area contributed by atoms with Gasteiger partial charge < -0.3 is 10.2 Å². The predicted octanol–water partition coefficient (Wildman–Crippen LogP) is 1.51. The van der Waals surface area contributed by atoms with Crippen LogP contribution in [0.2, 0.25) is 0 Å². The van der Waals surface area contributed by atoms with Gasteiger partial charge >= 0.3 is 0 Å². The van der Waals surface area contributed by atoms with Crippen LogP contribution >= 0.6 is 11.8 Å². The zero-order chi connectivity index (χ0) is 19.6. The SMILES string of the molecule is Cc1nc2nc(SCC(=O)N(C)CC(=O)NC(C)(C)C)nn2c(C)c1C. The van der Waals surface area contributed by atoms with Gasteiger partial charge in [0.25, 0.3) is 5.78 Å². The van der Waals surface area contributed by atoms with Crippen LogP contribution < -0.4 is 5.32 Å². The van der Waals surface area contributed by atoms with Crippen molar-refractivity contribution in [2.45, 2.75) is 52.2 Å². The van der Waals surface area contributed by atoms with E-state index in [9.17, 15) is 9.59 Å². The Hall–Kier alpha value is -2.16. The van der Waals surface area contributed by atoms with Gasteiger partial charge in [-0.3, -0.25) is 9.59 Å². The van der Waals surface area contributed by atoms with Crippen molar-refractivity contribution in [2.24, 2.45) is 0 Å². The fourth-order valence-corrected chi connectivity index (χ4v) is 3.05. The molecule has 0 atom stereocenters. The number of aryl methyl sites for hydroxylation is 2. The second kappa shape index (κ2) is 7.61. The lowest BCUT2D eigenvalue weighted by Crippen LogP contribution is -2.46. The van der Waals surface area contributed by atoms with Gasteiger partial charge in [0.1, 0.15) is 0 Å². The quantitative estimate of drug-likeness (QED) is 0.793. The Bertz CT molecular complexity index is 840. The molecule has 1 N–H and O–H groups in total. The summed E-state index contributed by atoms with van der Waals surface area (Å²) in [5.74, 6) is 0.344. The van der Waals surface area contributed by atoms with Crippen LogP contribution in [0.5, 0.6) is 0 Å². The van der Waals surface area contributed by atoms with E-state index < -0.39 is 0 Å². The largest absolute Gasteiger partial charge is 0.350 e. The lowest BCUT2D eigenvalue weighted by Gasteiger charge is -2.23. The Morgan fingerprint density at radius 2 is 1.85 bits per heavy atom. The van der Waals surface area contributed by atoms with E-state index in [4.69, 9.17) is 0 Å². The normalized spacial score (nSPS) is 11.7. The fraction of sp³-hybridized carbons (Fsp3) is 0.588. The minimum Gasteiger partial charge on any atom is -0.350 e. The molecule has 0 aliphatic rings. The number of thioether (sulfide) groups is 1. The number of carbonyl (C=O) groups excluding carboxylic acids is 2. The van der Waals surface area contributed by atoms with Crippen molar-refractivity contribution >= 4 is 29.4 Å². The Morgan fingerprint density at radius 3 is 2.46 bits per heavy atom. The highest BCUT2D eigenvalue weighted by atomic mass is 32.2. The second-order valence-corrected chi connectivity index (χ2v) is 8.29. The summed E-state index contributed by atoms with van der Waals surface area (Å²) in [4.78, 5) is 34.4. The minimum atomic E-state index is -0.322. The Morgan fingerprint density at radius 1 is 1.19 bits per heavy atom. The Balaban J connectivity index is 1.98. The summed E-state index contributed by atoms with van der Waals surface area (Å²) in [5, 5.41) is 7.74. The van der Waals surface area contributed by atoms with Crippen LogP contribution in [0.4, 0.5) is 0 Å². The molecule has 142 valence electrons. The van der Waals surface area contributed by atoms with E-state index in [1.807, 2.05) is 41.5 Å². The van der Waals surface area contributed by atoms with Crippen molar-refractivity contribution < 1.29 is 9.59 Å². The van der Waals surface area contributed by atoms with Crippen LogP contribution in [0.3, 0.4) is 0 Å². The first-order chi connectivity index (χ1) is 12.0. The lowest BCUT2D eigenvalue weighted by molar-refractivity contribution is -0.133. The molecular formula is C17H26N6O2S. The van der Waals surface area contributed by atoms with E-state index in [1.54, 1.807) is 11.6 Å². The number of likely N-dealkylation sites (N-methyl/N-ethyl adjacent to an activating group) is 1. The maximum absolute atomic E-state index is 12.3. The van der Waals surface area contributed by atoms with Gasteiger partial charge in [-0.1, -0.05) is 11.8 Å². The number of rotatable bonds is 5. The molecule has 2 amide bonds. The van der Waals surface area contributed by atoms with E-state index in [0.29, 0.717) is 10.9 Å². The highest BCUT2D eigenvalue weighted by Crippen LogP contribution is 2.17. The summed E-state index contributed by atoms with van der Waals surface area (Å²) >= 11 is 1.24. The molecule has 0 bridgehead atoms. The van der Waals surface area contributed by atoms with Crippen molar-refractivity contribution in [1.82, 2.24) is 29.8 Å². The summed E-state index contributed by atoms with van der Waals surface area (Å²) in [6.07, 6.45) is 0. The Kier molecular flexibility index (Phi) is 5.90. The number of hydrogen-bond donors (Lipinski definition) is 1. The molecule has 0 aromatic carbocycles. The van der Waals surface area contributed by atoms with Crippen LogP contribution in [0.25, 0.3) is 5.78 Å². The number of fused-ring (bicyclic) bond motifs is 1. The predicted molar refractivity (Wildman–Crippen MR) is 101 cm³/mol. The second-order valence-electron chi connectivity index (χ2n) is 7.35. The highest BCUT2D eigenvalue weighted by Gasteiger charge is 2.19. The first-order valence-corrected chi connectivity index (χ1v) is 9.35. The molecule has 0 saturated carbocycles. The van der Waals surface area contributed by atoms with E-state index in [-0.39, 0.29) is 29.7 Å². The van der Waals surface area contributed by atoms with Crippen LogP contribution in [-0.4, -0.2) is 61.2 Å². The summed E-state index contributed by atoms with van der Waals surface area (Å²) in [5.41, 5.74) is 2.64. The van der Waals surface area contributed by atoms with Crippen molar-refractivity contribution in [3.63, 3.8) is 0 Å². The zero-order valence-electron chi connectivity index (χ0n) is 16.4. The molecule has 2 heterocycles. The minimum absolute atomic E-state index is 0.0221. The van der Waals surface area contributed by atoms with Crippen molar-refractivity contribution in [3.05, 3.63) is 17.0 Å². The number of aromatic nitrogens is 4. The molecule has 2 rings (SSSR count). The van der Waals surface area contributed by atoms with Crippen LogP contribution in [0.15, 0.2) is 5.16 Å². The van der Waals surface area contributed by atoms with Crippen molar-refractivity contribution in [2.75, 3.05) is 19.3 Å². The highest BCUT2D eigenvalue weighted by molar-refractivity contribution is 7.99. The van der Waals surface area contributed by atoms with E-state index in [2.05, 4.69) is 20.4 Å². The fourth-order valence-electron chi connectivity index (χ4n) is 2.30. The maximum Gasteiger partial charge on any atom is 0.253 e. The van der Waals surface area contributed by atoms with E-state index in [0.717, 1.165) is 17.0 Å². The topological polar surface area (TPSA) is 92.5 Å². The average Bonchev–Trinajstić information content (AvgIpc) is 2.91. The standard InChI is InChI=1S/C17H26N6O2S/c1-10-11(2)18-15-19-16(21-23(15)12(10)3)26-9-14(25)22(7)8-13(24)20-17(4,5)6/h8-9H2,1-7H3,(H,20,24). The molecule has 0 saturated heterocycles. The van der Waals surface area contributed by atoms with E-state index >= 15 is 0 Å². The van der Waals surface area contributed by atoms with Gasteiger partial charge in [-0.05, 0) is 47.1 Å². The Labute approximate surface area is 157 Å². The van der Waals surface area contributed by atoms with Gasteiger partial charge in [0.15, 0.2) is 0 Å². The van der Waals surface area contributed by atoms with Crippen LogP contribution in [0, 0.1) is 20.8 Å². The van der Waals surface area contributed by atoms with Crippen molar-refractivity contribution in [3.8, 4) is 0 Å². The third kappa shape index (κ3) is 4.94. The molecule has 0 radical (unpaired) electrons. The molecule has 0 unspecified atom stereocenters. The zero-order valence-corrected chi connectivity index (χ0v) is 17.2. The molecule has 0 fully saturated rings. The third-order valence-corrected chi connectivity index (χ3v) is 4.71. The third-order valence-electron chi connectivity index (χ3n) is 3.89. The van der Waals surface area contributed by atoms with Crippen molar-refractivity contribution in [1.29, 1.82) is 0 Å². The average molecular weight is 379 g/mol. The van der Waals surface area contributed by atoms with Gasteiger partial charge in [-0.2, -0.15) is 4.98 Å². The van der Waals surface area contributed by atoms with Crippen LogP contribution in [-0.2, 0) is 9.59 Å². The number of carbonyl (C=O) groups is 2. The maximum atomic E-state index is 12.3.